The van der Waals surface area contributed by atoms with E-state index in [-0.39, 0.29) is 23.7 Å². The van der Waals surface area contributed by atoms with Gasteiger partial charge in [0.1, 0.15) is 0 Å². The molecule has 0 bridgehead atoms. The summed E-state index contributed by atoms with van der Waals surface area (Å²) in [5.41, 5.74) is 0. The molecule has 126 valence electrons. The Balaban J connectivity index is 1.83. The summed E-state index contributed by atoms with van der Waals surface area (Å²) >= 11 is 0. The van der Waals surface area contributed by atoms with Gasteiger partial charge in [0.05, 0.1) is 12.6 Å². The summed E-state index contributed by atoms with van der Waals surface area (Å²) in [5.74, 6) is -2.90. The molecule has 5 nitrogen and oxygen atoms in total. The third-order valence-electron chi connectivity index (χ3n) is 4.33. The number of carbonyl (C=O) groups is 2. The Morgan fingerprint density at radius 2 is 2.14 bits per heavy atom. The summed E-state index contributed by atoms with van der Waals surface area (Å²) in [5, 5.41) is 5.49. The number of nitrogens with one attached hydrogen (secondary N) is 2. The Morgan fingerprint density at radius 1 is 1.41 bits per heavy atom. The van der Waals surface area contributed by atoms with Gasteiger partial charge in [-0.15, -0.1) is 0 Å². The summed E-state index contributed by atoms with van der Waals surface area (Å²) in [6.07, 6.45) is 1.37. The van der Waals surface area contributed by atoms with Crippen molar-refractivity contribution in [3.8, 4) is 0 Å². The highest BCUT2D eigenvalue weighted by atomic mass is 19.3. The fraction of sp³-hybridized carbons (Fsp3) is 0.867. The fourth-order valence-corrected chi connectivity index (χ4v) is 2.99. The first-order valence-corrected chi connectivity index (χ1v) is 7.96. The van der Waals surface area contributed by atoms with Crippen LogP contribution >= 0.6 is 0 Å². The highest BCUT2D eigenvalue weighted by Gasteiger charge is 2.44. The fourth-order valence-electron chi connectivity index (χ4n) is 2.99. The SMILES string of the molecule is CC(C)C(=O)NCC1CCCN(C(=O)C2CC(F)(F)CN2)C1. The average molecular weight is 317 g/mol. The van der Waals surface area contributed by atoms with Crippen LogP contribution in [0.15, 0.2) is 0 Å². The van der Waals surface area contributed by atoms with Gasteiger partial charge in [0, 0.05) is 32.0 Å². The predicted octanol–water partition coefficient (Wildman–Crippen LogP) is 0.994. The lowest BCUT2D eigenvalue weighted by molar-refractivity contribution is -0.135. The third-order valence-corrected chi connectivity index (χ3v) is 4.33. The largest absolute Gasteiger partial charge is 0.356 e. The van der Waals surface area contributed by atoms with Crippen molar-refractivity contribution in [3.63, 3.8) is 0 Å². The van der Waals surface area contributed by atoms with Crippen molar-refractivity contribution in [1.82, 2.24) is 15.5 Å². The van der Waals surface area contributed by atoms with Gasteiger partial charge in [-0.1, -0.05) is 13.8 Å². The topological polar surface area (TPSA) is 61.4 Å². The van der Waals surface area contributed by atoms with Gasteiger partial charge in [-0.3, -0.25) is 14.9 Å². The van der Waals surface area contributed by atoms with E-state index in [0.29, 0.717) is 19.6 Å². The number of amides is 2. The first-order chi connectivity index (χ1) is 10.3. The molecule has 2 fully saturated rings. The van der Waals surface area contributed by atoms with E-state index in [4.69, 9.17) is 0 Å². The zero-order valence-electron chi connectivity index (χ0n) is 13.2. The molecule has 2 aliphatic heterocycles. The number of hydrogen-bond acceptors (Lipinski definition) is 3. The van der Waals surface area contributed by atoms with Gasteiger partial charge >= 0.3 is 0 Å². The van der Waals surface area contributed by atoms with E-state index in [2.05, 4.69) is 10.6 Å². The number of halogens is 2. The second-order valence-electron chi connectivity index (χ2n) is 6.69. The summed E-state index contributed by atoms with van der Waals surface area (Å²) in [4.78, 5) is 25.6. The van der Waals surface area contributed by atoms with Crippen molar-refractivity contribution in [2.45, 2.75) is 45.1 Å². The molecule has 0 radical (unpaired) electrons. The van der Waals surface area contributed by atoms with Gasteiger partial charge in [0.2, 0.25) is 11.8 Å². The number of hydrogen-bond donors (Lipinski definition) is 2. The second-order valence-corrected chi connectivity index (χ2v) is 6.69. The van der Waals surface area contributed by atoms with Gasteiger partial charge in [-0.25, -0.2) is 8.78 Å². The third kappa shape index (κ3) is 4.38. The standard InChI is InChI=1S/C15H25F2N3O2/c1-10(2)13(21)18-7-11-4-3-5-20(8-11)14(22)12-6-15(16,17)9-19-12/h10-12,19H,3-9H2,1-2H3,(H,18,21). The summed E-state index contributed by atoms with van der Waals surface area (Å²) in [7, 11) is 0. The number of likely N-dealkylation sites (tertiary alicyclic amines) is 1. The molecule has 0 aromatic rings. The van der Waals surface area contributed by atoms with Crippen LogP contribution in [0.5, 0.6) is 0 Å². The average Bonchev–Trinajstić information content (AvgIpc) is 2.84. The monoisotopic (exact) mass is 317 g/mol. The van der Waals surface area contributed by atoms with E-state index in [1.807, 2.05) is 13.8 Å². The molecule has 2 atom stereocenters. The Morgan fingerprint density at radius 3 is 2.73 bits per heavy atom. The summed E-state index contributed by atoms with van der Waals surface area (Å²) < 4.78 is 26.4. The number of piperidine rings is 1. The molecule has 22 heavy (non-hydrogen) atoms. The van der Waals surface area contributed by atoms with Crippen molar-refractivity contribution in [2.24, 2.45) is 11.8 Å². The lowest BCUT2D eigenvalue weighted by Crippen LogP contribution is -2.49. The van der Waals surface area contributed by atoms with E-state index >= 15 is 0 Å². The van der Waals surface area contributed by atoms with Gasteiger partial charge in [0.15, 0.2) is 0 Å². The lowest BCUT2D eigenvalue weighted by atomic mass is 9.97. The van der Waals surface area contributed by atoms with Crippen LogP contribution in [0.3, 0.4) is 0 Å². The van der Waals surface area contributed by atoms with Crippen LogP contribution in [0.1, 0.15) is 33.1 Å². The van der Waals surface area contributed by atoms with Crippen LogP contribution in [0.4, 0.5) is 8.78 Å². The maximum atomic E-state index is 13.2. The van der Waals surface area contributed by atoms with Crippen molar-refractivity contribution in [2.75, 3.05) is 26.2 Å². The zero-order valence-corrected chi connectivity index (χ0v) is 13.2. The number of carbonyl (C=O) groups excluding carboxylic acids is 2. The molecule has 2 amide bonds. The Hall–Kier alpha value is -1.24. The number of nitrogens with zero attached hydrogens (tertiary/aromatic N) is 1. The van der Waals surface area contributed by atoms with Gasteiger partial charge < -0.3 is 10.2 Å². The molecule has 2 saturated heterocycles. The zero-order chi connectivity index (χ0) is 16.3. The predicted molar refractivity (Wildman–Crippen MR) is 78.5 cm³/mol. The van der Waals surface area contributed by atoms with Gasteiger partial charge in [-0.05, 0) is 18.8 Å². The Labute approximate surface area is 129 Å². The minimum absolute atomic E-state index is 0.000511. The number of alkyl halides is 2. The van der Waals surface area contributed by atoms with Gasteiger partial charge in [-0.2, -0.15) is 0 Å². The minimum atomic E-state index is -2.79. The molecule has 7 heteroatoms. The quantitative estimate of drug-likeness (QED) is 0.813. The Bertz CT molecular complexity index is 429. The lowest BCUT2D eigenvalue weighted by Gasteiger charge is -2.34. The van der Waals surface area contributed by atoms with E-state index in [1.54, 1.807) is 4.90 Å². The molecular formula is C15H25F2N3O2. The first-order valence-electron chi connectivity index (χ1n) is 7.96. The van der Waals surface area contributed by atoms with Crippen molar-refractivity contribution >= 4 is 11.8 Å². The molecule has 0 spiro atoms. The maximum absolute atomic E-state index is 13.2. The van der Waals surface area contributed by atoms with Crippen LogP contribution < -0.4 is 10.6 Å². The molecule has 2 unspecified atom stereocenters. The van der Waals surface area contributed by atoms with E-state index in [0.717, 1.165) is 12.8 Å². The van der Waals surface area contributed by atoms with Crippen LogP contribution in [0.2, 0.25) is 0 Å². The van der Waals surface area contributed by atoms with Crippen LogP contribution in [-0.2, 0) is 9.59 Å². The molecule has 2 aliphatic rings. The van der Waals surface area contributed by atoms with Crippen LogP contribution in [-0.4, -0.2) is 54.9 Å². The van der Waals surface area contributed by atoms with Crippen molar-refractivity contribution in [3.05, 3.63) is 0 Å². The molecule has 0 aromatic heterocycles. The molecule has 2 rings (SSSR count). The van der Waals surface area contributed by atoms with Crippen LogP contribution in [0, 0.1) is 11.8 Å². The molecule has 2 N–H and O–H groups in total. The smallest absolute Gasteiger partial charge is 0.262 e. The van der Waals surface area contributed by atoms with Crippen molar-refractivity contribution < 1.29 is 18.4 Å². The maximum Gasteiger partial charge on any atom is 0.262 e. The van der Waals surface area contributed by atoms with E-state index in [1.165, 1.54) is 0 Å². The summed E-state index contributed by atoms with van der Waals surface area (Å²) in [6.45, 7) is 4.91. The minimum Gasteiger partial charge on any atom is -0.356 e. The first kappa shape index (κ1) is 17.1. The molecular weight excluding hydrogens is 292 g/mol. The van der Waals surface area contributed by atoms with Crippen molar-refractivity contribution in [1.29, 1.82) is 0 Å². The highest BCUT2D eigenvalue weighted by molar-refractivity contribution is 5.82. The second kappa shape index (κ2) is 6.89. The van der Waals surface area contributed by atoms with E-state index in [9.17, 15) is 18.4 Å². The van der Waals surface area contributed by atoms with Gasteiger partial charge in [0.25, 0.3) is 5.92 Å². The molecule has 0 aromatic carbocycles. The summed E-state index contributed by atoms with van der Waals surface area (Å²) in [6, 6.07) is -0.779. The molecule has 0 saturated carbocycles. The number of rotatable bonds is 4. The van der Waals surface area contributed by atoms with Crippen LogP contribution in [0.25, 0.3) is 0 Å². The molecule has 2 heterocycles. The Kier molecular flexibility index (Phi) is 5.36. The normalized spacial score (nSPS) is 28.0. The van der Waals surface area contributed by atoms with E-state index < -0.39 is 24.9 Å². The molecule has 0 aliphatic carbocycles. The highest BCUT2D eigenvalue weighted by Crippen LogP contribution is 2.27.